The van der Waals surface area contributed by atoms with Crippen molar-refractivity contribution < 1.29 is 32.7 Å². The fourth-order valence-corrected chi connectivity index (χ4v) is 6.56. The molecule has 0 saturated carbocycles. The largest absolute Gasteiger partial charge is 0.463 e. The van der Waals surface area contributed by atoms with Crippen molar-refractivity contribution in [2.45, 2.75) is 120 Å². The van der Waals surface area contributed by atoms with Crippen LogP contribution in [0.3, 0.4) is 0 Å². The van der Waals surface area contributed by atoms with E-state index in [0.29, 0.717) is 0 Å². The molecule has 0 aromatic rings. The number of hydrogen-bond donors (Lipinski definition) is 0. The standard InChI is InChI=1S/C22H43IO7Si2/c1-14(24)26-13-16-18(29-31(9,10)21(3,4)5)19(30-32(11,12)22(6,7)8)17(23)20(28-16)27-15(2)25/h16-20H,13H2,1-12H3/t16-,17-,18-,19-,20-/m1/s1. The van der Waals surface area contributed by atoms with Crippen molar-refractivity contribution >= 4 is 51.2 Å². The molecule has 10 heteroatoms. The van der Waals surface area contributed by atoms with E-state index in [1.165, 1.54) is 13.8 Å². The van der Waals surface area contributed by atoms with Crippen molar-refractivity contribution in [1.29, 1.82) is 0 Å². The van der Waals surface area contributed by atoms with Crippen LogP contribution in [-0.4, -0.2) is 63.7 Å². The second-order valence-electron chi connectivity index (χ2n) is 11.6. The average Bonchev–Trinajstić information content (AvgIpc) is 2.56. The first kappa shape index (κ1) is 30.0. The van der Waals surface area contributed by atoms with Crippen LogP contribution in [0.2, 0.25) is 36.3 Å². The highest BCUT2D eigenvalue weighted by molar-refractivity contribution is 14.1. The molecular weight excluding hydrogens is 559 g/mol. The summed E-state index contributed by atoms with van der Waals surface area (Å²) in [4.78, 5) is 23.4. The maximum Gasteiger partial charge on any atom is 0.304 e. The Hall–Kier alpha value is -0.0162. The van der Waals surface area contributed by atoms with Gasteiger partial charge in [0.05, 0.1) is 6.10 Å². The minimum atomic E-state index is -2.23. The van der Waals surface area contributed by atoms with E-state index in [1.807, 2.05) is 0 Å². The third-order valence-electron chi connectivity index (χ3n) is 6.78. The van der Waals surface area contributed by atoms with Gasteiger partial charge in [-0.1, -0.05) is 64.1 Å². The number of alkyl halides is 1. The van der Waals surface area contributed by atoms with E-state index >= 15 is 0 Å². The molecule has 0 bridgehead atoms. The fraction of sp³-hybridized carbons (Fsp3) is 0.909. The number of hydrogen-bond acceptors (Lipinski definition) is 7. The summed E-state index contributed by atoms with van der Waals surface area (Å²) in [5.41, 5.74) is 0. The zero-order chi connectivity index (χ0) is 25.3. The number of rotatable bonds is 7. The Balaban J connectivity index is 3.47. The lowest BCUT2D eigenvalue weighted by Crippen LogP contribution is -2.65. The summed E-state index contributed by atoms with van der Waals surface area (Å²) < 4.78 is 30.5. The Morgan fingerprint density at radius 1 is 0.844 bits per heavy atom. The molecule has 0 N–H and O–H groups in total. The van der Waals surface area contributed by atoms with E-state index in [0.717, 1.165) is 0 Å². The van der Waals surface area contributed by atoms with E-state index in [-0.39, 0.29) is 26.7 Å². The van der Waals surface area contributed by atoms with Crippen molar-refractivity contribution in [2.75, 3.05) is 6.61 Å². The molecule has 1 saturated heterocycles. The Morgan fingerprint density at radius 3 is 1.66 bits per heavy atom. The van der Waals surface area contributed by atoms with Crippen LogP contribution in [0.5, 0.6) is 0 Å². The van der Waals surface area contributed by atoms with Crippen molar-refractivity contribution in [2.24, 2.45) is 0 Å². The van der Waals surface area contributed by atoms with Crippen molar-refractivity contribution in [3.63, 3.8) is 0 Å². The highest BCUT2D eigenvalue weighted by Crippen LogP contribution is 2.44. The van der Waals surface area contributed by atoms with Crippen molar-refractivity contribution in [3.8, 4) is 0 Å². The molecular formula is C22H43IO7Si2. The van der Waals surface area contributed by atoms with E-state index in [4.69, 9.17) is 23.1 Å². The smallest absolute Gasteiger partial charge is 0.304 e. The summed E-state index contributed by atoms with van der Waals surface area (Å²) in [6.07, 6.45) is -2.27. The maximum atomic E-state index is 11.8. The summed E-state index contributed by atoms with van der Waals surface area (Å²) in [6, 6.07) is 0. The zero-order valence-corrected chi connectivity index (χ0v) is 26.0. The fourth-order valence-electron chi connectivity index (χ4n) is 2.77. The van der Waals surface area contributed by atoms with Gasteiger partial charge in [-0.15, -0.1) is 0 Å². The molecule has 1 aliphatic rings. The van der Waals surface area contributed by atoms with Crippen molar-refractivity contribution in [1.82, 2.24) is 0 Å². The number of esters is 2. The molecule has 7 nitrogen and oxygen atoms in total. The number of carbonyl (C=O) groups is 2. The Morgan fingerprint density at radius 2 is 1.28 bits per heavy atom. The third-order valence-corrected chi connectivity index (χ3v) is 17.0. The minimum absolute atomic E-state index is 0.00705. The van der Waals surface area contributed by atoms with Crippen LogP contribution in [0.25, 0.3) is 0 Å². The predicted molar refractivity (Wildman–Crippen MR) is 139 cm³/mol. The molecule has 1 heterocycles. The topological polar surface area (TPSA) is 80.3 Å². The molecule has 1 rings (SSSR count). The quantitative estimate of drug-likeness (QED) is 0.167. The number of carbonyl (C=O) groups excluding carboxylic acids is 2. The first-order valence-corrected chi connectivity index (χ1v) is 18.2. The van der Waals surface area contributed by atoms with Gasteiger partial charge in [-0.05, 0) is 36.3 Å². The first-order chi connectivity index (χ1) is 14.2. The molecule has 1 fully saturated rings. The summed E-state index contributed by atoms with van der Waals surface area (Å²) >= 11 is 2.24. The first-order valence-electron chi connectivity index (χ1n) is 11.2. The Bertz CT molecular complexity index is 642. The third kappa shape index (κ3) is 7.76. The SMILES string of the molecule is CC(=O)OC[C@H]1O[C@@H](OC(C)=O)[C@H](I)[C@@H](O[Si](C)(C)C(C)(C)C)[C@@H]1O[Si](C)(C)C(C)(C)C. The monoisotopic (exact) mass is 602 g/mol. The van der Waals surface area contributed by atoms with Gasteiger partial charge in [0, 0.05) is 13.8 Å². The molecule has 0 unspecified atom stereocenters. The molecule has 0 aromatic heterocycles. The highest BCUT2D eigenvalue weighted by Gasteiger charge is 2.54. The maximum absolute atomic E-state index is 11.8. The molecule has 0 spiro atoms. The highest BCUT2D eigenvalue weighted by atomic mass is 127. The van der Waals surface area contributed by atoms with E-state index in [1.54, 1.807) is 0 Å². The second kappa shape index (κ2) is 10.7. The van der Waals surface area contributed by atoms with Gasteiger partial charge in [0.15, 0.2) is 16.6 Å². The minimum Gasteiger partial charge on any atom is -0.463 e. The molecule has 1 aliphatic heterocycles. The lowest BCUT2D eigenvalue weighted by molar-refractivity contribution is -0.241. The van der Waals surface area contributed by atoms with Crippen molar-refractivity contribution in [3.05, 3.63) is 0 Å². The van der Waals surface area contributed by atoms with Crippen LogP contribution in [0.1, 0.15) is 55.4 Å². The van der Waals surface area contributed by atoms with Gasteiger partial charge in [0.1, 0.15) is 22.7 Å². The van der Waals surface area contributed by atoms with Crippen LogP contribution < -0.4 is 0 Å². The second-order valence-corrected chi connectivity index (χ2v) is 22.5. The average molecular weight is 603 g/mol. The normalized spacial score (nSPS) is 27.7. The molecule has 0 amide bonds. The lowest BCUT2D eigenvalue weighted by Gasteiger charge is -2.51. The zero-order valence-electron chi connectivity index (χ0n) is 21.8. The van der Waals surface area contributed by atoms with Gasteiger partial charge in [-0.25, -0.2) is 0 Å². The Labute approximate surface area is 210 Å². The van der Waals surface area contributed by atoms with Gasteiger partial charge < -0.3 is 23.1 Å². The molecule has 0 aliphatic carbocycles. The lowest BCUT2D eigenvalue weighted by atomic mass is 10.0. The molecule has 32 heavy (non-hydrogen) atoms. The van der Waals surface area contributed by atoms with Crippen LogP contribution in [0.15, 0.2) is 0 Å². The van der Waals surface area contributed by atoms with Gasteiger partial charge in [-0.3, -0.25) is 9.59 Å². The van der Waals surface area contributed by atoms with Crippen LogP contribution in [0, 0.1) is 0 Å². The summed E-state index contributed by atoms with van der Waals surface area (Å²) in [5.74, 6) is -0.833. The molecule has 188 valence electrons. The van der Waals surface area contributed by atoms with E-state index in [2.05, 4.69) is 90.3 Å². The summed E-state index contributed by atoms with van der Waals surface area (Å²) in [5, 5.41) is -0.0560. The molecule has 5 atom stereocenters. The summed E-state index contributed by atoms with van der Waals surface area (Å²) in [7, 11) is -4.45. The number of ether oxygens (including phenoxy) is 3. The number of halogens is 1. The summed E-state index contributed by atoms with van der Waals surface area (Å²) in [6.45, 7) is 24.6. The Kier molecular flexibility index (Phi) is 10.1. The van der Waals surface area contributed by atoms with Crippen LogP contribution in [0.4, 0.5) is 0 Å². The van der Waals surface area contributed by atoms with E-state index in [9.17, 15) is 9.59 Å². The van der Waals surface area contributed by atoms with Gasteiger partial charge in [0.2, 0.25) is 6.29 Å². The molecule has 0 aromatic carbocycles. The van der Waals surface area contributed by atoms with Gasteiger partial charge in [-0.2, -0.15) is 0 Å². The van der Waals surface area contributed by atoms with Gasteiger partial charge in [0.25, 0.3) is 0 Å². The van der Waals surface area contributed by atoms with Crippen LogP contribution >= 0.6 is 22.6 Å². The van der Waals surface area contributed by atoms with Crippen LogP contribution in [-0.2, 0) is 32.7 Å². The predicted octanol–water partition coefficient (Wildman–Crippen LogP) is 5.42. The van der Waals surface area contributed by atoms with E-state index < -0.39 is 47.1 Å². The molecule has 0 radical (unpaired) electrons. The van der Waals surface area contributed by atoms with Gasteiger partial charge >= 0.3 is 11.9 Å².